The van der Waals surface area contributed by atoms with E-state index < -0.39 is 9.28 Å². The van der Waals surface area contributed by atoms with Crippen molar-refractivity contribution >= 4 is 9.28 Å². The van der Waals surface area contributed by atoms with Crippen molar-refractivity contribution in [3.63, 3.8) is 0 Å². The maximum Gasteiger partial charge on any atom is 0.315 e. The molecular weight excluding hydrogens is 196 g/mol. The highest BCUT2D eigenvalue weighted by atomic mass is 28.3. The molecule has 1 rings (SSSR count). The third kappa shape index (κ3) is 3.32. The molecule has 6 N–H and O–H groups in total. The Morgan fingerprint density at radius 1 is 1.50 bits per heavy atom. The number of hydrogen-bond acceptors (Lipinski definition) is 4. The standard InChI is InChI=1S/C9H22N2O2Si/c1-9(11)6-7(5-8(9)10)3-2-4-14(12)13/h7-8,12-14H,2-6,10-11H2,1H3. The summed E-state index contributed by atoms with van der Waals surface area (Å²) < 4.78 is 0. The van der Waals surface area contributed by atoms with Gasteiger partial charge in [-0.25, -0.2) is 0 Å². The van der Waals surface area contributed by atoms with Gasteiger partial charge >= 0.3 is 9.28 Å². The molecular formula is C9H22N2O2Si. The lowest BCUT2D eigenvalue weighted by molar-refractivity contribution is 0.390. The number of hydrogen-bond donors (Lipinski definition) is 4. The summed E-state index contributed by atoms with van der Waals surface area (Å²) in [5.41, 5.74) is 11.7. The van der Waals surface area contributed by atoms with E-state index in [9.17, 15) is 0 Å². The van der Waals surface area contributed by atoms with Crippen LogP contribution in [0.15, 0.2) is 0 Å². The van der Waals surface area contributed by atoms with E-state index in [1.165, 1.54) is 0 Å². The molecule has 5 heteroatoms. The lowest BCUT2D eigenvalue weighted by Gasteiger charge is -2.22. The molecule has 0 aromatic rings. The first-order valence-electron chi connectivity index (χ1n) is 5.32. The van der Waals surface area contributed by atoms with Gasteiger partial charge in [-0.15, -0.1) is 0 Å². The molecule has 84 valence electrons. The Bertz CT molecular complexity index is 188. The van der Waals surface area contributed by atoms with E-state index >= 15 is 0 Å². The number of rotatable bonds is 4. The molecule has 1 saturated carbocycles. The highest BCUT2D eigenvalue weighted by Gasteiger charge is 2.38. The summed E-state index contributed by atoms with van der Waals surface area (Å²) in [5.74, 6) is 0.577. The second-order valence-corrected chi connectivity index (χ2v) is 6.37. The van der Waals surface area contributed by atoms with Crippen LogP contribution in [0.1, 0.15) is 32.6 Å². The van der Waals surface area contributed by atoms with E-state index in [1.54, 1.807) is 0 Å². The monoisotopic (exact) mass is 218 g/mol. The summed E-state index contributed by atoms with van der Waals surface area (Å²) in [4.78, 5) is 17.7. The third-order valence-corrected chi connectivity index (χ3v) is 4.16. The molecule has 0 spiro atoms. The lowest BCUT2D eigenvalue weighted by Crippen LogP contribution is -2.48. The first kappa shape index (κ1) is 12.1. The second kappa shape index (κ2) is 4.72. The largest absolute Gasteiger partial charge is 0.413 e. The van der Waals surface area contributed by atoms with Crippen molar-refractivity contribution in [3.8, 4) is 0 Å². The molecule has 0 radical (unpaired) electrons. The van der Waals surface area contributed by atoms with E-state index in [1.807, 2.05) is 6.92 Å². The van der Waals surface area contributed by atoms with Crippen LogP contribution in [0.25, 0.3) is 0 Å². The van der Waals surface area contributed by atoms with Gasteiger partial charge in [0.15, 0.2) is 0 Å². The van der Waals surface area contributed by atoms with Crippen molar-refractivity contribution in [2.75, 3.05) is 0 Å². The Hall–Kier alpha value is 0.0569. The Morgan fingerprint density at radius 3 is 2.57 bits per heavy atom. The fraction of sp³-hybridized carbons (Fsp3) is 1.00. The lowest BCUT2D eigenvalue weighted by atomic mass is 9.96. The fourth-order valence-electron chi connectivity index (χ4n) is 2.29. The van der Waals surface area contributed by atoms with Gasteiger partial charge in [-0.2, -0.15) is 0 Å². The number of nitrogens with two attached hydrogens (primary N) is 2. The van der Waals surface area contributed by atoms with Gasteiger partial charge in [0.1, 0.15) is 0 Å². The zero-order valence-electron chi connectivity index (χ0n) is 8.82. The van der Waals surface area contributed by atoms with Gasteiger partial charge in [-0.3, -0.25) is 0 Å². The van der Waals surface area contributed by atoms with Crippen LogP contribution in [0.4, 0.5) is 0 Å². The molecule has 1 aliphatic rings. The highest BCUT2D eigenvalue weighted by molar-refractivity contribution is 6.40. The molecule has 0 saturated heterocycles. The Kier molecular flexibility index (Phi) is 4.09. The Labute approximate surface area is 87.1 Å². The van der Waals surface area contributed by atoms with Gasteiger partial charge in [0.2, 0.25) is 0 Å². The van der Waals surface area contributed by atoms with Gasteiger partial charge < -0.3 is 21.1 Å². The van der Waals surface area contributed by atoms with E-state index in [4.69, 9.17) is 21.1 Å². The summed E-state index contributed by atoms with van der Waals surface area (Å²) in [6.07, 6.45) is 3.88. The first-order chi connectivity index (χ1) is 6.42. The average Bonchev–Trinajstić information content (AvgIpc) is 2.25. The van der Waals surface area contributed by atoms with Gasteiger partial charge in [-0.05, 0) is 31.7 Å². The van der Waals surface area contributed by atoms with Crippen molar-refractivity contribution < 1.29 is 9.59 Å². The van der Waals surface area contributed by atoms with E-state index in [0.717, 1.165) is 25.7 Å². The molecule has 1 aliphatic carbocycles. The predicted molar refractivity (Wildman–Crippen MR) is 58.9 cm³/mol. The van der Waals surface area contributed by atoms with Gasteiger partial charge in [0, 0.05) is 11.6 Å². The maximum absolute atomic E-state index is 8.83. The quantitative estimate of drug-likeness (QED) is 0.475. The van der Waals surface area contributed by atoms with Crippen molar-refractivity contribution in [3.05, 3.63) is 0 Å². The third-order valence-electron chi connectivity index (χ3n) is 3.24. The zero-order valence-corrected chi connectivity index (χ0v) is 9.97. The molecule has 3 atom stereocenters. The summed E-state index contributed by atoms with van der Waals surface area (Å²) in [7, 11) is -2.34. The topological polar surface area (TPSA) is 92.5 Å². The van der Waals surface area contributed by atoms with Crippen molar-refractivity contribution in [1.82, 2.24) is 0 Å². The van der Waals surface area contributed by atoms with E-state index in [-0.39, 0.29) is 11.6 Å². The van der Waals surface area contributed by atoms with Crippen LogP contribution in [-0.2, 0) is 0 Å². The predicted octanol–water partition coefficient (Wildman–Crippen LogP) is -0.574. The molecule has 14 heavy (non-hydrogen) atoms. The van der Waals surface area contributed by atoms with Crippen LogP contribution >= 0.6 is 0 Å². The van der Waals surface area contributed by atoms with Gasteiger partial charge in [0.05, 0.1) is 0 Å². The molecule has 0 amide bonds. The summed E-state index contributed by atoms with van der Waals surface area (Å²) in [6.45, 7) is 2.01. The molecule has 0 aromatic carbocycles. The Balaban J connectivity index is 2.22. The highest BCUT2D eigenvalue weighted by Crippen LogP contribution is 2.34. The SMILES string of the molecule is CC1(N)CC(CCC[SiH](O)O)CC1N. The maximum atomic E-state index is 8.83. The van der Waals surface area contributed by atoms with Crippen LogP contribution in [0, 0.1) is 5.92 Å². The average molecular weight is 218 g/mol. The molecule has 3 unspecified atom stereocenters. The van der Waals surface area contributed by atoms with Crippen LogP contribution in [0.3, 0.4) is 0 Å². The van der Waals surface area contributed by atoms with Crippen LogP contribution in [0.5, 0.6) is 0 Å². The minimum Gasteiger partial charge on any atom is -0.413 e. The summed E-state index contributed by atoms with van der Waals surface area (Å²) in [5, 5.41) is 0. The molecule has 0 aromatic heterocycles. The van der Waals surface area contributed by atoms with Crippen molar-refractivity contribution in [1.29, 1.82) is 0 Å². The summed E-state index contributed by atoms with van der Waals surface area (Å²) >= 11 is 0. The van der Waals surface area contributed by atoms with Gasteiger partial charge in [0.25, 0.3) is 0 Å². The second-order valence-electron chi connectivity index (χ2n) is 4.83. The van der Waals surface area contributed by atoms with Gasteiger partial charge in [-0.1, -0.05) is 12.8 Å². The molecule has 0 aliphatic heterocycles. The van der Waals surface area contributed by atoms with Crippen LogP contribution in [-0.4, -0.2) is 30.5 Å². The van der Waals surface area contributed by atoms with Crippen LogP contribution in [0.2, 0.25) is 6.04 Å². The summed E-state index contributed by atoms with van der Waals surface area (Å²) in [6, 6.07) is 0.691. The fourth-order valence-corrected chi connectivity index (χ4v) is 2.89. The van der Waals surface area contributed by atoms with Crippen LogP contribution < -0.4 is 11.5 Å². The van der Waals surface area contributed by atoms with Crippen molar-refractivity contribution in [2.45, 2.75) is 50.2 Å². The molecule has 4 nitrogen and oxygen atoms in total. The first-order valence-corrected chi connectivity index (χ1v) is 7.17. The van der Waals surface area contributed by atoms with E-state index in [2.05, 4.69) is 0 Å². The molecule has 0 bridgehead atoms. The normalized spacial score (nSPS) is 38.1. The molecule has 0 heterocycles. The minimum absolute atomic E-state index is 0.101. The van der Waals surface area contributed by atoms with Crippen molar-refractivity contribution in [2.24, 2.45) is 17.4 Å². The zero-order chi connectivity index (χ0) is 10.8. The van der Waals surface area contributed by atoms with E-state index in [0.29, 0.717) is 12.0 Å². The smallest absolute Gasteiger partial charge is 0.315 e. The Morgan fingerprint density at radius 2 is 2.14 bits per heavy atom. The minimum atomic E-state index is -2.34. The molecule has 1 fully saturated rings.